The maximum absolute atomic E-state index is 13.4. The average Bonchev–Trinajstić information content (AvgIpc) is 2.64. The molecule has 1 aliphatic carbocycles. The van der Waals surface area contributed by atoms with Gasteiger partial charge < -0.3 is 0 Å². The van der Waals surface area contributed by atoms with Gasteiger partial charge in [0.15, 0.2) is 11.6 Å². The van der Waals surface area contributed by atoms with E-state index in [4.69, 9.17) is 4.84 Å². The van der Waals surface area contributed by atoms with Crippen LogP contribution in [0.3, 0.4) is 0 Å². The van der Waals surface area contributed by atoms with Crippen molar-refractivity contribution in [3.05, 3.63) is 40.8 Å². The van der Waals surface area contributed by atoms with E-state index in [-0.39, 0.29) is 35.9 Å². The fraction of sp³-hybridized carbons (Fsp3) is 0.500. The lowest BCUT2D eigenvalue weighted by Gasteiger charge is -2.24. The maximum Gasteiger partial charge on any atom is 0.419 e. The molecule has 0 saturated heterocycles. The SMILES string of the molecule is CCONC(CC)=C1C(=O)CC(CCSc2ccc(F)c(C(F)(F)F)c2)CC1=O. The van der Waals surface area contributed by atoms with E-state index in [0.717, 1.165) is 23.9 Å². The predicted molar refractivity (Wildman–Crippen MR) is 102 cm³/mol. The summed E-state index contributed by atoms with van der Waals surface area (Å²) in [5, 5.41) is 0. The second-order valence-electron chi connectivity index (χ2n) is 6.64. The first-order valence-electron chi connectivity index (χ1n) is 9.34. The Hall–Kier alpha value is -1.87. The number of alkyl halides is 3. The van der Waals surface area contributed by atoms with Gasteiger partial charge in [0.1, 0.15) is 5.82 Å². The highest BCUT2D eigenvalue weighted by molar-refractivity contribution is 7.99. The zero-order chi connectivity index (χ0) is 21.6. The van der Waals surface area contributed by atoms with E-state index in [1.165, 1.54) is 6.07 Å². The summed E-state index contributed by atoms with van der Waals surface area (Å²) < 4.78 is 51.7. The van der Waals surface area contributed by atoms with E-state index in [1.807, 2.05) is 6.92 Å². The molecule has 1 N–H and O–H groups in total. The van der Waals surface area contributed by atoms with Gasteiger partial charge in [0.05, 0.1) is 23.4 Å². The third-order valence-corrected chi connectivity index (χ3v) is 5.57. The molecule has 1 aliphatic rings. The molecule has 1 saturated carbocycles. The molecule has 2 rings (SSSR count). The monoisotopic (exact) mass is 433 g/mol. The molecule has 0 unspecified atom stereocenters. The van der Waals surface area contributed by atoms with Crippen LogP contribution in [0, 0.1) is 11.7 Å². The van der Waals surface area contributed by atoms with Gasteiger partial charge >= 0.3 is 6.18 Å². The number of hydroxylamine groups is 1. The molecular weight excluding hydrogens is 410 g/mol. The number of ketones is 2. The lowest BCUT2D eigenvalue weighted by molar-refractivity contribution is -0.140. The van der Waals surface area contributed by atoms with Gasteiger partial charge in [-0.25, -0.2) is 4.39 Å². The van der Waals surface area contributed by atoms with Crippen molar-refractivity contribution < 1.29 is 32.0 Å². The van der Waals surface area contributed by atoms with Gasteiger partial charge in [-0.2, -0.15) is 13.2 Å². The summed E-state index contributed by atoms with van der Waals surface area (Å²) in [7, 11) is 0. The normalized spacial score (nSPS) is 17.6. The van der Waals surface area contributed by atoms with Gasteiger partial charge in [0.25, 0.3) is 0 Å². The molecule has 0 aromatic heterocycles. The number of benzene rings is 1. The lowest BCUT2D eigenvalue weighted by Crippen LogP contribution is -2.30. The van der Waals surface area contributed by atoms with E-state index in [1.54, 1.807) is 6.92 Å². The molecule has 0 spiro atoms. The minimum Gasteiger partial charge on any atom is -0.294 e. The Bertz CT molecular complexity index is 772. The molecule has 0 atom stereocenters. The molecule has 1 fully saturated rings. The summed E-state index contributed by atoms with van der Waals surface area (Å²) in [6.45, 7) is 3.98. The topological polar surface area (TPSA) is 55.4 Å². The first-order valence-corrected chi connectivity index (χ1v) is 10.3. The molecule has 0 bridgehead atoms. The van der Waals surface area contributed by atoms with Crippen LogP contribution < -0.4 is 5.48 Å². The zero-order valence-corrected chi connectivity index (χ0v) is 17.0. The summed E-state index contributed by atoms with van der Waals surface area (Å²) in [6.07, 6.45) is -3.39. The van der Waals surface area contributed by atoms with E-state index < -0.39 is 17.6 Å². The molecule has 0 amide bonds. The van der Waals surface area contributed by atoms with E-state index in [9.17, 15) is 27.2 Å². The number of allylic oxidation sites excluding steroid dienone is 2. The van der Waals surface area contributed by atoms with Crippen molar-refractivity contribution >= 4 is 23.3 Å². The third kappa shape index (κ3) is 6.30. The summed E-state index contributed by atoms with van der Waals surface area (Å²) in [6, 6.07) is 2.87. The highest BCUT2D eigenvalue weighted by Gasteiger charge is 2.35. The van der Waals surface area contributed by atoms with Crippen molar-refractivity contribution in [1.29, 1.82) is 0 Å². The van der Waals surface area contributed by atoms with Crippen molar-refractivity contribution in [1.82, 2.24) is 5.48 Å². The summed E-state index contributed by atoms with van der Waals surface area (Å²) >= 11 is 1.14. The van der Waals surface area contributed by atoms with Crippen LogP contribution in [-0.4, -0.2) is 23.9 Å². The van der Waals surface area contributed by atoms with E-state index in [0.29, 0.717) is 35.8 Å². The fourth-order valence-electron chi connectivity index (χ4n) is 3.11. The Labute approximate surface area is 171 Å². The van der Waals surface area contributed by atoms with E-state index in [2.05, 4.69) is 5.48 Å². The standard InChI is InChI=1S/C20H23F4NO3S/c1-3-16(25-28-4-2)19-17(26)9-12(10-18(19)27)7-8-29-13-5-6-15(21)14(11-13)20(22,23)24/h5-6,11-12,25H,3-4,7-10H2,1-2H3. The fourth-order valence-corrected chi connectivity index (χ4v) is 4.16. The second-order valence-corrected chi connectivity index (χ2v) is 7.81. The van der Waals surface area contributed by atoms with Crippen LogP contribution in [0.25, 0.3) is 0 Å². The van der Waals surface area contributed by atoms with Gasteiger partial charge in [-0.1, -0.05) is 6.92 Å². The molecule has 160 valence electrons. The summed E-state index contributed by atoms with van der Waals surface area (Å²) in [4.78, 5) is 30.3. The maximum atomic E-state index is 13.4. The molecule has 1 aromatic rings. The Kier molecular flexibility index (Phi) is 8.27. The number of carbonyl (C=O) groups is 2. The van der Waals surface area contributed by atoms with Crippen LogP contribution in [0.4, 0.5) is 17.6 Å². The van der Waals surface area contributed by atoms with Crippen molar-refractivity contribution in [3.8, 4) is 0 Å². The molecule has 4 nitrogen and oxygen atoms in total. The van der Waals surface area contributed by atoms with Crippen molar-refractivity contribution in [2.24, 2.45) is 5.92 Å². The second kappa shape index (κ2) is 10.2. The van der Waals surface area contributed by atoms with Gasteiger partial charge in [-0.3, -0.25) is 19.9 Å². The van der Waals surface area contributed by atoms with Gasteiger partial charge in [-0.15, -0.1) is 11.8 Å². The molecule has 29 heavy (non-hydrogen) atoms. The number of rotatable bonds is 8. The Morgan fingerprint density at radius 1 is 1.21 bits per heavy atom. The van der Waals surface area contributed by atoms with E-state index >= 15 is 0 Å². The summed E-state index contributed by atoms with van der Waals surface area (Å²) in [5.41, 5.74) is 1.99. The van der Waals surface area contributed by atoms with Gasteiger partial charge in [0, 0.05) is 17.7 Å². The van der Waals surface area contributed by atoms with Crippen LogP contribution in [-0.2, 0) is 20.6 Å². The van der Waals surface area contributed by atoms with Gasteiger partial charge in [0.2, 0.25) is 0 Å². The Morgan fingerprint density at radius 2 is 1.86 bits per heavy atom. The molecular formula is C20H23F4NO3S. The van der Waals surface area contributed by atoms with Crippen molar-refractivity contribution in [3.63, 3.8) is 0 Å². The molecule has 9 heteroatoms. The Balaban J connectivity index is 1.96. The first kappa shape index (κ1) is 23.4. The van der Waals surface area contributed by atoms with Crippen LogP contribution in [0.15, 0.2) is 34.4 Å². The number of Topliss-reactive ketones (excluding diaryl/α,β-unsaturated/α-hetero) is 2. The molecule has 0 aliphatic heterocycles. The van der Waals surface area contributed by atoms with Crippen LogP contribution >= 0.6 is 11.8 Å². The first-order chi connectivity index (χ1) is 13.7. The lowest BCUT2D eigenvalue weighted by atomic mass is 9.81. The van der Waals surface area contributed by atoms with Crippen molar-refractivity contribution in [2.45, 2.75) is 50.6 Å². The predicted octanol–water partition coefficient (Wildman–Crippen LogP) is 5.08. The number of halogens is 4. The largest absolute Gasteiger partial charge is 0.419 e. The average molecular weight is 433 g/mol. The highest BCUT2D eigenvalue weighted by Crippen LogP contribution is 2.35. The number of hydrogen-bond donors (Lipinski definition) is 1. The zero-order valence-electron chi connectivity index (χ0n) is 16.2. The smallest absolute Gasteiger partial charge is 0.294 e. The van der Waals surface area contributed by atoms with Crippen LogP contribution in [0.1, 0.15) is 45.1 Å². The number of carbonyl (C=O) groups excluding carboxylic acids is 2. The minimum absolute atomic E-state index is 0.151. The quantitative estimate of drug-likeness (QED) is 0.204. The summed E-state index contributed by atoms with van der Waals surface area (Å²) in [5.74, 6) is -1.55. The van der Waals surface area contributed by atoms with Crippen LogP contribution in [0.2, 0.25) is 0 Å². The Morgan fingerprint density at radius 3 is 2.41 bits per heavy atom. The third-order valence-electron chi connectivity index (χ3n) is 4.54. The molecule has 0 radical (unpaired) electrons. The number of thioether (sulfide) groups is 1. The number of hydrogen-bond acceptors (Lipinski definition) is 5. The minimum atomic E-state index is -4.75. The number of nitrogens with one attached hydrogen (secondary N) is 1. The highest BCUT2D eigenvalue weighted by atomic mass is 32.2. The van der Waals surface area contributed by atoms with Gasteiger partial charge in [-0.05, 0) is 49.6 Å². The molecule has 1 aromatic carbocycles. The molecule has 0 heterocycles. The van der Waals surface area contributed by atoms with Crippen molar-refractivity contribution in [2.75, 3.05) is 12.4 Å². The van der Waals surface area contributed by atoms with Crippen LogP contribution in [0.5, 0.6) is 0 Å².